The second-order valence-corrected chi connectivity index (χ2v) is 7.11. The zero-order chi connectivity index (χ0) is 21.3. The molecule has 0 aliphatic rings. The third-order valence-electron chi connectivity index (χ3n) is 4.51. The van der Waals surface area contributed by atoms with Gasteiger partial charge in [0.25, 0.3) is 5.91 Å². The highest BCUT2D eigenvalue weighted by atomic mass is 35.5. The Balaban J connectivity index is 1.62. The summed E-state index contributed by atoms with van der Waals surface area (Å²) in [5.41, 5.74) is 2.36. The number of esters is 1. The highest BCUT2D eigenvalue weighted by Crippen LogP contribution is 2.16. The predicted octanol–water partition coefficient (Wildman–Crippen LogP) is 4.43. The van der Waals surface area contributed by atoms with Crippen molar-refractivity contribution in [2.75, 3.05) is 7.11 Å². The van der Waals surface area contributed by atoms with Crippen molar-refractivity contribution in [2.45, 2.75) is 19.1 Å². The number of carbonyl (C=O) groups excluding carboxylic acids is 2. The van der Waals surface area contributed by atoms with Crippen molar-refractivity contribution in [2.24, 2.45) is 0 Å². The molecule has 3 aromatic carbocycles. The molecule has 3 aromatic rings. The molecule has 0 aliphatic carbocycles. The van der Waals surface area contributed by atoms with Gasteiger partial charge in [0.1, 0.15) is 18.4 Å². The number of methoxy groups -OCH3 is 1. The Labute approximate surface area is 180 Å². The lowest BCUT2D eigenvalue weighted by Gasteiger charge is -2.17. The van der Waals surface area contributed by atoms with E-state index >= 15 is 0 Å². The second kappa shape index (κ2) is 10.5. The standard InChI is InChI=1S/C24H22ClNO4/c1-29-24(28)22(26-23(27)19-9-11-20(25)12-10-19)15-17-7-13-21(14-8-17)30-16-18-5-3-2-4-6-18/h2-14,22H,15-16H2,1H3,(H,26,27)/t22-/m0/s1. The molecule has 5 nitrogen and oxygen atoms in total. The van der Waals surface area contributed by atoms with E-state index in [4.69, 9.17) is 21.1 Å². The van der Waals surface area contributed by atoms with Crippen LogP contribution in [0, 0.1) is 0 Å². The average Bonchev–Trinajstić information content (AvgIpc) is 2.78. The van der Waals surface area contributed by atoms with Gasteiger partial charge in [-0.2, -0.15) is 0 Å². The zero-order valence-electron chi connectivity index (χ0n) is 16.5. The maximum atomic E-state index is 12.5. The van der Waals surface area contributed by atoms with Crippen LogP contribution in [0.25, 0.3) is 0 Å². The van der Waals surface area contributed by atoms with Crippen LogP contribution in [-0.2, 0) is 22.6 Å². The Hall–Kier alpha value is -3.31. The number of ether oxygens (including phenoxy) is 2. The van der Waals surface area contributed by atoms with Crippen LogP contribution in [0.4, 0.5) is 0 Å². The Bertz CT molecular complexity index is 972. The molecule has 0 spiro atoms. The van der Waals surface area contributed by atoms with E-state index < -0.39 is 12.0 Å². The Morgan fingerprint density at radius 1 is 0.900 bits per heavy atom. The lowest BCUT2D eigenvalue weighted by atomic mass is 10.0. The Morgan fingerprint density at radius 3 is 2.20 bits per heavy atom. The number of nitrogens with one attached hydrogen (secondary N) is 1. The minimum atomic E-state index is -0.811. The van der Waals surface area contributed by atoms with Gasteiger partial charge in [-0.05, 0) is 47.5 Å². The zero-order valence-corrected chi connectivity index (χ0v) is 17.3. The molecular weight excluding hydrogens is 402 g/mol. The molecule has 0 unspecified atom stereocenters. The molecule has 0 saturated carbocycles. The SMILES string of the molecule is COC(=O)[C@H](Cc1ccc(OCc2ccccc2)cc1)NC(=O)c1ccc(Cl)cc1. The van der Waals surface area contributed by atoms with E-state index in [0.717, 1.165) is 16.9 Å². The number of benzene rings is 3. The lowest BCUT2D eigenvalue weighted by molar-refractivity contribution is -0.142. The first-order chi connectivity index (χ1) is 14.5. The fraction of sp³-hybridized carbons (Fsp3) is 0.167. The quantitative estimate of drug-likeness (QED) is 0.544. The fourth-order valence-corrected chi connectivity index (χ4v) is 3.00. The van der Waals surface area contributed by atoms with Gasteiger partial charge in [-0.1, -0.05) is 54.1 Å². The summed E-state index contributed by atoms with van der Waals surface area (Å²) in [6, 6.07) is 22.9. The normalized spacial score (nSPS) is 11.4. The summed E-state index contributed by atoms with van der Waals surface area (Å²) in [6.07, 6.45) is 0.297. The highest BCUT2D eigenvalue weighted by molar-refractivity contribution is 6.30. The number of halogens is 1. The van der Waals surface area contributed by atoms with Crippen molar-refractivity contribution in [3.05, 3.63) is 101 Å². The molecule has 0 aliphatic heterocycles. The third kappa shape index (κ3) is 6.09. The first-order valence-corrected chi connectivity index (χ1v) is 9.83. The first-order valence-electron chi connectivity index (χ1n) is 9.45. The van der Waals surface area contributed by atoms with Crippen molar-refractivity contribution in [3.63, 3.8) is 0 Å². The van der Waals surface area contributed by atoms with Crippen molar-refractivity contribution in [1.82, 2.24) is 5.32 Å². The van der Waals surface area contributed by atoms with Gasteiger partial charge in [0, 0.05) is 17.0 Å². The fourth-order valence-electron chi connectivity index (χ4n) is 2.88. The van der Waals surface area contributed by atoms with Gasteiger partial charge in [0.05, 0.1) is 7.11 Å². The van der Waals surface area contributed by atoms with Crippen LogP contribution in [0.5, 0.6) is 5.75 Å². The van der Waals surface area contributed by atoms with Crippen LogP contribution in [0.3, 0.4) is 0 Å². The summed E-state index contributed by atoms with van der Waals surface area (Å²) in [5, 5.41) is 3.26. The summed E-state index contributed by atoms with van der Waals surface area (Å²) in [6.45, 7) is 0.474. The van der Waals surface area contributed by atoms with Gasteiger partial charge >= 0.3 is 5.97 Å². The topological polar surface area (TPSA) is 64.6 Å². The summed E-state index contributed by atoms with van der Waals surface area (Å²) in [4.78, 5) is 24.6. The molecule has 3 rings (SSSR count). The molecule has 6 heteroatoms. The highest BCUT2D eigenvalue weighted by Gasteiger charge is 2.22. The maximum absolute atomic E-state index is 12.5. The van der Waals surface area contributed by atoms with Crippen LogP contribution in [0.2, 0.25) is 5.02 Å². The molecule has 0 fully saturated rings. The molecule has 0 aromatic heterocycles. The largest absolute Gasteiger partial charge is 0.489 e. The van der Waals surface area contributed by atoms with Gasteiger partial charge in [-0.15, -0.1) is 0 Å². The van der Waals surface area contributed by atoms with Crippen molar-refractivity contribution in [1.29, 1.82) is 0 Å². The number of hydrogen-bond donors (Lipinski definition) is 1. The summed E-state index contributed by atoms with van der Waals surface area (Å²) >= 11 is 5.86. The second-order valence-electron chi connectivity index (χ2n) is 6.68. The number of carbonyl (C=O) groups is 2. The van der Waals surface area contributed by atoms with E-state index in [1.54, 1.807) is 24.3 Å². The molecule has 0 saturated heterocycles. The number of amides is 1. The van der Waals surface area contributed by atoms with E-state index in [1.807, 2.05) is 54.6 Å². The minimum absolute atomic E-state index is 0.297. The van der Waals surface area contributed by atoms with Crippen molar-refractivity contribution in [3.8, 4) is 5.75 Å². The summed E-state index contributed by atoms with van der Waals surface area (Å²) < 4.78 is 10.6. The molecule has 0 heterocycles. The van der Waals surface area contributed by atoms with E-state index in [1.165, 1.54) is 7.11 Å². The molecule has 1 N–H and O–H groups in total. The van der Waals surface area contributed by atoms with Crippen LogP contribution in [0.15, 0.2) is 78.9 Å². The van der Waals surface area contributed by atoms with Crippen LogP contribution >= 0.6 is 11.6 Å². The van der Waals surface area contributed by atoms with Crippen molar-refractivity contribution < 1.29 is 19.1 Å². The van der Waals surface area contributed by atoms with Gasteiger partial charge in [0.15, 0.2) is 0 Å². The molecule has 1 amide bonds. The third-order valence-corrected chi connectivity index (χ3v) is 4.76. The predicted molar refractivity (Wildman–Crippen MR) is 116 cm³/mol. The van der Waals surface area contributed by atoms with Crippen LogP contribution in [-0.4, -0.2) is 25.0 Å². The molecule has 30 heavy (non-hydrogen) atoms. The molecule has 154 valence electrons. The number of hydrogen-bond acceptors (Lipinski definition) is 4. The Morgan fingerprint density at radius 2 is 1.57 bits per heavy atom. The van der Waals surface area contributed by atoms with Gasteiger partial charge < -0.3 is 14.8 Å². The minimum Gasteiger partial charge on any atom is -0.489 e. The van der Waals surface area contributed by atoms with E-state index in [2.05, 4.69) is 5.32 Å². The van der Waals surface area contributed by atoms with Crippen LogP contribution in [0.1, 0.15) is 21.5 Å². The summed E-state index contributed by atoms with van der Waals surface area (Å²) in [5.74, 6) is -0.158. The number of rotatable bonds is 8. The monoisotopic (exact) mass is 423 g/mol. The average molecular weight is 424 g/mol. The van der Waals surface area contributed by atoms with E-state index in [0.29, 0.717) is 23.6 Å². The Kier molecular flexibility index (Phi) is 7.46. The van der Waals surface area contributed by atoms with Crippen LogP contribution < -0.4 is 10.1 Å². The molecule has 0 bridgehead atoms. The van der Waals surface area contributed by atoms with E-state index in [-0.39, 0.29) is 5.91 Å². The molecular formula is C24H22ClNO4. The van der Waals surface area contributed by atoms with Gasteiger partial charge in [-0.3, -0.25) is 4.79 Å². The van der Waals surface area contributed by atoms with Crippen molar-refractivity contribution >= 4 is 23.5 Å². The van der Waals surface area contributed by atoms with E-state index in [9.17, 15) is 9.59 Å². The van der Waals surface area contributed by atoms with Gasteiger partial charge in [0.2, 0.25) is 0 Å². The smallest absolute Gasteiger partial charge is 0.328 e. The summed E-state index contributed by atoms with van der Waals surface area (Å²) in [7, 11) is 1.30. The maximum Gasteiger partial charge on any atom is 0.328 e. The molecule has 1 atom stereocenters. The van der Waals surface area contributed by atoms with Gasteiger partial charge in [-0.25, -0.2) is 4.79 Å². The molecule has 0 radical (unpaired) electrons. The first kappa shape index (κ1) is 21.4. The lowest BCUT2D eigenvalue weighted by Crippen LogP contribution is -2.43.